The average Bonchev–Trinajstić information content (AvgIpc) is 2.24. The Labute approximate surface area is 104 Å². The summed E-state index contributed by atoms with van der Waals surface area (Å²) < 4.78 is 0. The number of fused-ring (bicyclic) bond motifs is 1. The SMILES string of the molecule is O=c1[nH]c2c(Cl)c(Cl)ccc2nc1CBr. The zero-order chi connectivity index (χ0) is 11.0. The van der Waals surface area contributed by atoms with Crippen LogP contribution in [0.5, 0.6) is 0 Å². The van der Waals surface area contributed by atoms with E-state index >= 15 is 0 Å². The van der Waals surface area contributed by atoms with Gasteiger partial charge in [-0.3, -0.25) is 4.79 Å². The van der Waals surface area contributed by atoms with Crippen LogP contribution in [0.1, 0.15) is 5.69 Å². The Balaban J connectivity index is 2.87. The van der Waals surface area contributed by atoms with E-state index in [9.17, 15) is 4.79 Å². The number of aromatic amines is 1. The molecule has 0 atom stereocenters. The van der Waals surface area contributed by atoms with Crippen molar-refractivity contribution in [2.24, 2.45) is 0 Å². The Bertz CT molecular complexity index is 582. The largest absolute Gasteiger partial charge is 0.318 e. The van der Waals surface area contributed by atoms with Gasteiger partial charge in [0.2, 0.25) is 0 Å². The highest BCUT2D eigenvalue weighted by Gasteiger charge is 2.08. The van der Waals surface area contributed by atoms with Crippen molar-refractivity contribution in [3.8, 4) is 0 Å². The van der Waals surface area contributed by atoms with Crippen molar-refractivity contribution in [3.05, 3.63) is 38.2 Å². The van der Waals surface area contributed by atoms with Crippen LogP contribution in [-0.2, 0) is 5.33 Å². The van der Waals surface area contributed by atoms with Crippen LogP contribution in [0.2, 0.25) is 10.0 Å². The second-order valence-corrected chi connectivity index (χ2v) is 4.25. The lowest BCUT2D eigenvalue weighted by molar-refractivity contribution is 1.11. The third-order valence-electron chi connectivity index (χ3n) is 1.96. The summed E-state index contributed by atoms with van der Waals surface area (Å²) in [5, 5.41) is 1.12. The normalized spacial score (nSPS) is 10.9. The van der Waals surface area contributed by atoms with Crippen LogP contribution in [0, 0.1) is 0 Å². The van der Waals surface area contributed by atoms with Gasteiger partial charge in [0, 0.05) is 0 Å². The summed E-state index contributed by atoms with van der Waals surface area (Å²) in [6.07, 6.45) is 0. The fourth-order valence-electron chi connectivity index (χ4n) is 1.22. The molecule has 3 nitrogen and oxygen atoms in total. The second-order valence-electron chi connectivity index (χ2n) is 2.90. The third kappa shape index (κ3) is 1.89. The van der Waals surface area contributed by atoms with Crippen molar-refractivity contribution in [2.45, 2.75) is 5.33 Å². The van der Waals surface area contributed by atoms with Crippen molar-refractivity contribution >= 4 is 50.2 Å². The van der Waals surface area contributed by atoms with Gasteiger partial charge in [-0.1, -0.05) is 39.1 Å². The van der Waals surface area contributed by atoms with Gasteiger partial charge in [-0.25, -0.2) is 4.98 Å². The van der Waals surface area contributed by atoms with Gasteiger partial charge in [-0.15, -0.1) is 0 Å². The number of hydrogen-bond donors (Lipinski definition) is 1. The summed E-state index contributed by atoms with van der Waals surface area (Å²) in [6, 6.07) is 3.36. The van der Waals surface area contributed by atoms with Gasteiger partial charge in [0.15, 0.2) is 0 Å². The zero-order valence-electron chi connectivity index (χ0n) is 7.35. The van der Waals surface area contributed by atoms with E-state index in [-0.39, 0.29) is 5.56 Å². The van der Waals surface area contributed by atoms with Crippen molar-refractivity contribution in [1.82, 2.24) is 9.97 Å². The van der Waals surface area contributed by atoms with Gasteiger partial charge < -0.3 is 4.98 Å². The summed E-state index contributed by atoms with van der Waals surface area (Å²) in [7, 11) is 0. The van der Waals surface area contributed by atoms with Crippen molar-refractivity contribution in [3.63, 3.8) is 0 Å². The van der Waals surface area contributed by atoms with Crippen LogP contribution in [-0.4, -0.2) is 9.97 Å². The molecule has 1 N–H and O–H groups in total. The van der Waals surface area contributed by atoms with Crippen LogP contribution >= 0.6 is 39.1 Å². The summed E-state index contributed by atoms with van der Waals surface area (Å²) in [6.45, 7) is 0. The Hall–Kier alpha value is -0.580. The first kappa shape index (κ1) is 10.9. The number of nitrogens with one attached hydrogen (secondary N) is 1. The van der Waals surface area contributed by atoms with Crippen LogP contribution in [0.4, 0.5) is 0 Å². The molecule has 15 heavy (non-hydrogen) atoms. The molecule has 0 bridgehead atoms. The van der Waals surface area contributed by atoms with Gasteiger partial charge in [0.25, 0.3) is 5.56 Å². The molecule has 2 rings (SSSR count). The molecular weight excluding hydrogens is 303 g/mol. The number of nitrogens with zero attached hydrogens (tertiary/aromatic N) is 1. The Morgan fingerprint density at radius 3 is 2.80 bits per heavy atom. The van der Waals surface area contributed by atoms with Gasteiger partial charge in [0.05, 0.1) is 26.4 Å². The fraction of sp³-hybridized carbons (Fsp3) is 0.111. The number of aromatic nitrogens is 2. The number of benzene rings is 1. The van der Waals surface area contributed by atoms with Crippen LogP contribution in [0.3, 0.4) is 0 Å². The smallest absolute Gasteiger partial charge is 0.271 e. The standard InChI is InChI=1S/C9H5BrCl2N2O/c10-3-6-9(15)14-8-5(13-6)2-1-4(11)7(8)12/h1-2H,3H2,(H,14,15). The van der Waals surface area contributed by atoms with Crippen molar-refractivity contribution < 1.29 is 0 Å². The number of alkyl halides is 1. The quantitative estimate of drug-likeness (QED) is 0.823. The molecule has 6 heteroatoms. The monoisotopic (exact) mass is 306 g/mol. The molecule has 0 aliphatic rings. The number of hydrogen-bond acceptors (Lipinski definition) is 2. The van der Waals surface area contributed by atoms with E-state index in [1.807, 2.05) is 0 Å². The van der Waals surface area contributed by atoms with Gasteiger partial charge >= 0.3 is 0 Å². The Kier molecular flexibility index (Phi) is 3.00. The highest BCUT2D eigenvalue weighted by atomic mass is 79.9. The summed E-state index contributed by atoms with van der Waals surface area (Å²) in [5.74, 6) is 0. The van der Waals surface area contributed by atoms with E-state index in [1.54, 1.807) is 12.1 Å². The molecule has 0 radical (unpaired) electrons. The fourth-order valence-corrected chi connectivity index (χ4v) is 1.97. The van der Waals surface area contributed by atoms with E-state index in [2.05, 4.69) is 25.9 Å². The Morgan fingerprint density at radius 1 is 1.40 bits per heavy atom. The maximum Gasteiger partial charge on any atom is 0.271 e. The lowest BCUT2D eigenvalue weighted by Crippen LogP contribution is -2.13. The predicted octanol–water partition coefficient (Wildman–Crippen LogP) is 3.12. The van der Waals surface area contributed by atoms with E-state index in [0.717, 1.165) is 0 Å². The molecule has 0 saturated carbocycles. The first-order valence-corrected chi connectivity index (χ1v) is 5.94. The minimum Gasteiger partial charge on any atom is -0.318 e. The molecule has 0 unspecified atom stereocenters. The zero-order valence-corrected chi connectivity index (χ0v) is 10.4. The van der Waals surface area contributed by atoms with Crippen molar-refractivity contribution in [2.75, 3.05) is 0 Å². The average molecular weight is 308 g/mol. The van der Waals surface area contributed by atoms with Gasteiger partial charge in [-0.05, 0) is 12.1 Å². The van der Waals surface area contributed by atoms with E-state index in [1.165, 1.54) is 0 Å². The molecular formula is C9H5BrCl2N2O. The first-order valence-electron chi connectivity index (χ1n) is 4.06. The van der Waals surface area contributed by atoms with Crippen LogP contribution < -0.4 is 5.56 Å². The predicted molar refractivity (Wildman–Crippen MR) is 65.0 cm³/mol. The Morgan fingerprint density at radius 2 is 2.13 bits per heavy atom. The minimum absolute atomic E-state index is 0.261. The maximum atomic E-state index is 11.5. The third-order valence-corrected chi connectivity index (χ3v) is 3.29. The summed E-state index contributed by atoms with van der Waals surface area (Å²) in [5.41, 5.74) is 1.25. The summed E-state index contributed by atoms with van der Waals surface area (Å²) >= 11 is 14.9. The van der Waals surface area contributed by atoms with Crippen LogP contribution in [0.15, 0.2) is 16.9 Å². The molecule has 0 aliphatic carbocycles. The summed E-state index contributed by atoms with van der Waals surface area (Å²) in [4.78, 5) is 18.3. The topological polar surface area (TPSA) is 45.8 Å². The van der Waals surface area contributed by atoms with Crippen LogP contribution in [0.25, 0.3) is 11.0 Å². The van der Waals surface area contributed by atoms with Crippen molar-refractivity contribution in [1.29, 1.82) is 0 Å². The lowest BCUT2D eigenvalue weighted by Gasteiger charge is -2.02. The number of halogens is 3. The molecule has 1 aromatic heterocycles. The second kappa shape index (κ2) is 4.12. The molecule has 1 aromatic carbocycles. The molecule has 1 heterocycles. The molecule has 78 valence electrons. The molecule has 2 aromatic rings. The van der Waals surface area contributed by atoms with E-state index < -0.39 is 0 Å². The number of rotatable bonds is 1. The minimum atomic E-state index is -0.261. The molecule has 0 amide bonds. The van der Waals surface area contributed by atoms with E-state index in [0.29, 0.717) is 32.1 Å². The molecule has 0 spiro atoms. The molecule has 0 aliphatic heterocycles. The van der Waals surface area contributed by atoms with Gasteiger partial charge in [0.1, 0.15) is 5.69 Å². The maximum absolute atomic E-state index is 11.5. The highest BCUT2D eigenvalue weighted by molar-refractivity contribution is 9.08. The van der Waals surface area contributed by atoms with Gasteiger partial charge in [-0.2, -0.15) is 0 Å². The lowest BCUT2D eigenvalue weighted by atomic mass is 10.3. The molecule has 0 fully saturated rings. The number of H-pyrrole nitrogens is 1. The first-order chi connectivity index (χ1) is 7.13. The van der Waals surface area contributed by atoms with E-state index in [4.69, 9.17) is 23.2 Å². The highest BCUT2D eigenvalue weighted by Crippen LogP contribution is 2.27. The molecule has 0 saturated heterocycles.